The van der Waals surface area contributed by atoms with Crippen LogP contribution in [0.25, 0.3) is 0 Å². The Kier molecular flexibility index (Phi) is 3.22. The zero-order valence-electron chi connectivity index (χ0n) is 12.0. The van der Waals surface area contributed by atoms with Gasteiger partial charge >= 0.3 is 0 Å². The molecular weight excluding hydrogens is 264 g/mol. The van der Waals surface area contributed by atoms with E-state index in [0.717, 1.165) is 28.1 Å². The lowest BCUT2D eigenvalue weighted by Gasteiger charge is -2.12. The molecule has 0 spiro atoms. The molecule has 2 aromatic carbocycles. The monoisotopic (exact) mass is 280 g/mol. The number of para-hydroxylation sites is 1. The van der Waals surface area contributed by atoms with Gasteiger partial charge in [-0.3, -0.25) is 9.59 Å². The number of hydrogen-bond acceptors (Lipinski definition) is 2. The molecule has 3 rings (SSSR count). The van der Waals surface area contributed by atoms with Gasteiger partial charge in [0, 0.05) is 16.9 Å². The van der Waals surface area contributed by atoms with Crippen molar-refractivity contribution in [3.8, 4) is 0 Å². The average Bonchev–Trinajstić information content (AvgIpc) is 2.81. The summed E-state index contributed by atoms with van der Waals surface area (Å²) >= 11 is 0. The largest absolute Gasteiger partial charge is 0.326 e. The molecule has 4 nitrogen and oxygen atoms in total. The van der Waals surface area contributed by atoms with Crippen LogP contribution < -0.4 is 10.6 Å². The second kappa shape index (κ2) is 5.05. The van der Waals surface area contributed by atoms with E-state index < -0.39 is 0 Å². The number of hydrogen-bond donors (Lipinski definition) is 2. The van der Waals surface area contributed by atoms with Crippen molar-refractivity contribution >= 4 is 23.2 Å². The minimum Gasteiger partial charge on any atom is -0.326 e. The molecule has 0 radical (unpaired) electrons. The molecule has 0 saturated carbocycles. The fourth-order valence-corrected chi connectivity index (χ4v) is 2.55. The van der Waals surface area contributed by atoms with E-state index in [1.165, 1.54) is 0 Å². The lowest BCUT2D eigenvalue weighted by molar-refractivity contribution is -0.115. The maximum atomic E-state index is 12.4. The van der Waals surface area contributed by atoms with Gasteiger partial charge in [-0.25, -0.2) is 0 Å². The van der Waals surface area contributed by atoms with Crippen LogP contribution in [-0.4, -0.2) is 11.8 Å². The summed E-state index contributed by atoms with van der Waals surface area (Å²) in [5, 5.41) is 5.71. The number of benzene rings is 2. The summed E-state index contributed by atoms with van der Waals surface area (Å²) in [5.74, 6) is -0.200. The first-order valence-corrected chi connectivity index (χ1v) is 6.85. The van der Waals surface area contributed by atoms with E-state index in [1.807, 2.05) is 38.1 Å². The molecule has 0 aromatic heterocycles. The zero-order chi connectivity index (χ0) is 15.0. The van der Waals surface area contributed by atoms with Gasteiger partial charge in [-0.15, -0.1) is 0 Å². The Morgan fingerprint density at radius 1 is 1.14 bits per heavy atom. The molecule has 1 heterocycles. The quantitative estimate of drug-likeness (QED) is 0.888. The highest BCUT2D eigenvalue weighted by Gasteiger charge is 2.19. The second-order valence-electron chi connectivity index (χ2n) is 5.32. The molecule has 1 aliphatic heterocycles. The Morgan fingerprint density at radius 2 is 1.86 bits per heavy atom. The SMILES string of the molecule is Cc1cccc(C)c1NC(=O)c1ccc2c(c1)NC(=O)C2. The summed E-state index contributed by atoms with van der Waals surface area (Å²) < 4.78 is 0. The third-order valence-electron chi connectivity index (χ3n) is 3.72. The van der Waals surface area contributed by atoms with Gasteiger partial charge in [0.15, 0.2) is 0 Å². The van der Waals surface area contributed by atoms with E-state index in [2.05, 4.69) is 10.6 Å². The molecule has 0 bridgehead atoms. The second-order valence-corrected chi connectivity index (χ2v) is 5.32. The molecule has 1 aliphatic rings. The Labute approximate surface area is 123 Å². The number of rotatable bonds is 2. The number of anilines is 2. The third kappa shape index (κ3) is 2.52. The van der Waals surface area contributed by atoms with Crippen LogP contribution in [0.15, 0.2) is 36.4 Å². The van der Waals surface area contributed by atoms with Crippen molar-refractivity contribution in [1.82, 2.24) is 0 Å². The molecular formula is C17H16N2O2. The summed E-state index contributed by atoms with van der Waals surface area (Å²) in [5.41, 5.74) is 5.10. The minimum absolute atomic E-state index is 0.0303. The summed E-state index contributed by atoms with van der Waals surface area (Å²) in [4.78, 5) is 23.7. The highest BCUT2D eigenvalue weighted by molar-refractivity contribution is 6.07. The van der Waals surface area contributed by atoms with Crippen LogP contribution in [0.2, 0.25) is 0 Å². The third-order valence-corrected chi connectivity index (χ3v) is 3.72. The summed E-state index contributed by atoms with van der Waals surface area (Å²) in [6, 6.07) is 11.2. The van der Waals surface area contributed by atoms with E-state index >= 15 is 0 Å². The number of nitrogens with one attached hydrogen (secondary N) is 2. The van der Waals surface area contributed by atoms with Crippen molar-refractivity contribution in [3.63, 3.8) is 0 Å². The Hall–Kier alpha value is -2.62. The molecule has 0 fully saturated rings. The van der Waals surface area contributed by atoms with E-state index in [4.69, 9.17) is 0 Å². The van der Waals surface area contributed by atoms with Crippen molar-refractivity contribution in [2.24, 2.45) is 0 Å². The van der Waals surface area contributed by atoms with Crippen LogP contribution >= 0.6 is 0 Å². The Morgan fingerprint density at radius 3 is 2.57 bits per heavy atom. The highest BCUT2D eigenvalue weighted by Crippen LogP contribution is 2.25. The van der Waals surface area contributed by atoms with Gasteiger partial charge in [0.1, 0.15) is 0 Å². The van der Waals surface area contributed by atoms with Crippen LogP contribution in [-0.2, 0) is 11.2 Å². The van der Waals surface area contributed by atoms with Crippen molar-refractivity contribution in [1.29, 1.82) is 0 Å². The van der Waals surface area contributed by atoms with E-state index in [0.29, 0.717) is 12.0 Å². The van der Waals surface area contributed by atoms with Crippen LogP contribution in [0.4, 0.5) is 11.4 Å². The zero-order valence-corrected chi connectivity index (χ0v) is 12.0. The molecule has 0 unspecified atom stereocenters. The van der Waals surface area contributed by atoms with Crippen LogP contribution in [0, 0.1) is 13.8 Å². The normalized spacial score (nSPS) is 12.8. The first kappa shape index (κ1) is 13.4. The van der Waals surface area contributed by atoms with Gasteiger partial charge in [-0.2, -0.15) is 0 Å². The molecule has 2 aromatic rings. The predicted octanol–water partition coefficient (Wildman–Crippen LogP) is 3.05. The van der Waals surface area contributed by atoms with Gasteiger partial charge in [0.25, 0.3) is 5.91 Å². The summed E-state index contributed by atoms with van der Waals surface area (Å²) in [6.07, 6.45) is 0.383. The number of aryl methyl sites for hydroxylation is 2. The van der Waals surface area contributed by atoms with Gasteiger partial charge in [-0.1, -0.05) is 24.3 Å². The minimum atomic E-state index is -0.170. The fraction of sp³-hybridized carbons (Fsp3) is 0.176. The Bertz CT molecular complexity index is 730. The smallest absolute Gasteiger partial charge is 0.255 e. The van der Waals surface area contributed by atoms with E-state index in [1.54, 1.807) is 12.1 Å². The molecule has 21 heavy (non-hydrogen) atoms. The van der Waals surface area contributed by atoms with Crippen LogP contribution in [0.1, 0.15) is 27.0 Å². The molecule has 0 atom stereocenters. The van der Waals surface area contributed by atoms with Gasteiger partial charge < -0.3 is 10.6 Å². The maximum Gasteiger partial charge on any atom is 0.255 e. The average molecular weight is 280 g/mol. The van der Waals surface area contributed by atoms with Gasteiger partial charge in [0.05, 0.1) is 6.42 Å². The van der Waals surface area contributed by atoms with Crippen LogP contribution in [0.5, 0.6) is 0 Å². The lowest BCUT2D eigenvalue weighted by atomic mass is 10.1. The highest BCUT2D eigenvalue weighted by atomic mass is 16.2. The number of carbonyl (C=O) groups is 2. The van der Waals surface area contributed by atoms with Crippen LogP contribution in [0.3, 0.4) is 0 Å². The summed E-state index contributed by atoms with van der Waals surface area (Å²) in [7, 11) is 0. The maximum absolute atomic E-state index is 12.4. The number of fused-ring (bicyclic) bond motifs is 1. The van der Waals surface area contributed by atoms with E-state index in [-0.39, 0.29) is 11.8 Å². The molecule has 2 N–H and O–H groups in total. The van der Waals surface area contributed by atoms with Crippen molar-refractivity contribution < 1.29 is 9.59 Å². The van der Waals surface area contributed by atoms with E-state index in [9.17, 15) is 9.59 Å². The Balaban J connectivity index is 1.87. The van der Waals surface area contributed by atoms with Gasteiger partial charge in [0.2, 0.25) is 5.91 Å². The summed E-state index contributed by atoms with van der Waals surface area (Å²) in [6.45, 7) is 3.93. The van der Waals surface area contributed by atoms with Gasteiger partial charge in [-0.05, 0) is 42.7 Å². The molecule has 2 amide bonds. The molecule has 106 valence electrons. The van der Waals surface area contributed by atoms with Crippen molar-refractivity contribution in [2.45, 2.75) is 20.3 Å². The topological polar surface area (TPSA) is 58.2 Å². The molecule has 0 saturated heterocycles. The first-order chi connectivity index (χ1) is 10.0. The first-order valence-electron chi connectivity index (χ1n) is 6.85. The number of amides is 2. The fourth-order valence-electron chi connectivity index (χ4n) is 2.55. The predicted molar refractivity (Wildman–Crippen MR) is 82.6 cm³/mol. The molecule has 0 aliphatic carbocycles. The lowest BCUT2D eigenvalue weighted by Crippen LogP contribution is -2.14. The van der Waals surface area contributed by atoms with Crippen molar-refractivity contribution in [3.05, 3.63) is 58.7 Å². The standard InChI is InChI=1S/C17H16N2O2/c1-10-4-3-5-11(2)16(10)19-17(21)13-7-6-12-9-15(20)18-14(12)8-13/h3-8H,9H2,1-2H3,(H,18,20)(H,19,21). The van der Waals surface area contributed by atoms with Crippen molar-refractivity contribution in [2.75, 3.05) is 10.6 Å². The number of carbonyl (C=O) groups excluding carboxylic acids is 2. The molecule has 4 heteroatoms.